The van der Waals surface area contributed by atoms with E-state index < -0.39 is 5.97 Å². The van der Waals surface area contributed by atoms with Gasteiger partial charge in [0, 0.05) is 12.4 Å². The van der Waals surface area contributed by atoms with Crippen molar-refractivity contribution in [2.24, 2.45) is 0 Å². The minimum Gasteiger partial charge on any atom is -0.464 e. The maximum Gasteiger partial charge on any atom is 0.360 e. The number of carbonyl (C=O) groups excluding carboxylic acids is 1. The van der Waals surface area contributed by atoms with Gasteiger partial charge in [-0.3, -0.25) is 4.98 Å². The smallest absolute Gasteiger partial charge is 0.360 e. The lowest BCUT2D eigenvalue weighted by Crippen LogP contribution is -2.06. The van der Waals surface area contributed by atoms with Crippen molar-refractivity contribution in [1.82, 2.24) is 29.6 Å². The molecular formula is C11H10N6O2. The fourth-order valence-corrected chi connectivity index (χ4v) is 1.82. The SMILES string of the molecule is COC(=O)c1nc(C)n2nnn(-c3ccncc3)c12. The van der Waals surface area contributed by atoms with E-state index in [-0.39, 0.29) is 5.69 Å². The summed E-state index contributed by atoms with van der Waals surface area (Å²) in [7, 11) is 1.31. The summed E-state index contributed by atoms with van der Waals surface area (Å²) in [5, 5.41) is 7.99. The number of imidazole rings is 1. The average Bonchev–Trinajstić information content (AvgIpc) is 3.01. The summed E-state index contributed by atoms with van der Waals surface area (Å²) < 4.78 is 7.74. The summed E-state index contributed by atoms with van der Waals surface area (Å²) in [6.07, 6.45) is 3.27. The van der Waals surface area contributed by atoms with E-state index in [1.807, 2.05) is 0 Å². The van der Waals surface area contributed by atoms with Crippen LogP contribution in [-0.4, -0.2) is 42.7 Å². The Morgan fingerprint density at radius 2 is 2.00 bits per heavy atom. The topological polar surface area (TPSA) is 87.2 Å². The van der Waals surface area contributed by atoms with Gasteiger partial charge >= 0.3 is 5.97 Å². The summed E-state index contributed by atoms with van der Waals surface area (Å²) in [5.41, 5.74) is 1.39. The number of aromatic nitrogens is 6. The van der Waals surface area contributed by atoms with Gasteiger partial charge in [0.25, 0.3) is 0 Å². The van der Waals surface area contributed by atoms with Gasteiger partial charge in [-0.1, -0.05) is 0 Å². The van der Waals surface area contributed by atoms with Crippen LogP contribution in [0.4, 0.5) is 0 Å². The highest BCUT2D eigenvalue weighted by atomic mass is 16.5. The molecule has 3 aromatic heterocycles. The van der Waals surface area contributed by atoms with Gasteiger partial charge in [-0.2, -0.15) is 9.20 Å². The lowest BCUT2D eigenvalue weighted by Gasteiger charge is -2.00. The van der Waals surface area contributed by atoms with Gasteiger partial charge in [-0.25, -0.2) is 9.78 Å². The van der Waals surface area contributed by atoms with Crippen LogP contribution in [0.25, 0.3) is 11.3 Å². The van der Waals surface area contributed by atoms with Crippen LogP contribution < -0.4 is 0 Å². The Hall–Kier alpha value is -2.77. The van der Waals surface area contributed by atoms with Gasteiger partial charge in [-0.05, 0) is 29.5 Å². The molecule has 3 rings (SSSR count). The number of aryl methyl sites for hydroxylation is 1. The lowest BCUT2D eigenvalue weighted by atomic mass is 10.4. The molecule has 0 N–H and O–H groups in total. The Balaban J connectivity index is 2.30. The van der Waals surface area contributed by atoms with E-state index in [1.54, 1.807) is 31.5 Å². The van der Waals surface area contributed by atoms with Crippen LogP contribution in [-0.2, 0) is 4.74 Å². The van der Waals surface area contributed by atoms with Gasteiger partial charge in [0.15, 0.2) is 11.3 Å². The van der Waals surface area contributed by atoms with Gasteiger partial charge in [-0.15, -0.1) is 0 Å². The number of hydrogen-bond donors (Lipinski definition) is 0. The molecular weight excluding hydrogens is 248 g/mol. The fraction of sp³-hybridized carbons (Fsp3) is 0.182. The summed E-state index contributed by atoms with van der Waals surface area (Å²) in [4.78, 5) is 19.8. The van der Waals surface area contributed by atoms with E-state index in [0.29, 0.717) is 11.5 Å². The summed E-state index contributed by atoms with van der Waals surface area (Å²) in [6, 6.07) is 3.52. The molecule has 3 aromatic rings. The van der Waals surface area contributed by atoms with Crippen LogP contribution in [0.3, 0.4) is 0 Å². The zero-order chi connectivity index (χ0) is 13.4. The highest BCUT2D eigenvalue weighted by molar-refractivity contribution is 5.94. The third kappa shape index (κ3) is 1.65. The van der Waals surface area contributed by atoms with Gasteiger partial charge in [0.1, 0.15) is 5.82 Å². The Morgan fingerprint density at radius 1 is 1.26 bits per heavy atom. The monoisotopic (exact) mass is 258 g/mol. The zero-order valence-electron chi connectivity index (χ0n) is 10.3. The minimum atomic E-state index is -0.525. The molecule has 8 nitrogen and oxygen atoms in total. The van der Waals surface area contributed by atoms with Gasteiger partial charge < -0.3 is 4.74 Å². The molecule has 0 aromatic carbocycles. The van der Waals surface area contributed by atoms with E-state index in [4.69, 9.17) is 4.74 Å². The molecule has 0 bridgehead atoms. The van der Waals surface area contributed by atoms with Crippen LogP contribution in [0.1, 0.15) is 16.3 Å². The van der Waals surface area contributed by atoms with Crippen LogP contribution in [0.15, 0.2) is 24.5 Å². The summed E-state index contributed by atoms with van der Waals surface area (Å²) >= 11 is 0. The molecule has 0 amide bonds. The van der Waals surface area contributed by atoms with Crippen molar-refractivity contribution in [3.63, 3.8) is 0 Å². The second-order valence-electron chi connectivity index (χ2n) is 3.83. The van der Waals surface area contributed by atoms with E-state index in [2.05, 4.69) is 20.4 Å². The number of hydrogen-bond acceptors (Lipinski definition) is 6. The summed E-state index contributed by atoms with van der Waals surface area (Å²) in [5.74, 6) is 0.0407. The maximum atomic E-state index is 11.7. The third-order valence-corrected chi connectivity index (χ3v) is 2.70. The van der Waals surface area contributed by atoms with Crippen molar-refractivity contribution in [3.05, 3.63) is 36.0 Å². The van der Waals surface area contributed by atoms with Crippen LogP contribution in [0, 0.1) is 6.92 Å². The first kappa shape index (κ1) is 11.3. The number of nitrogens with zero attached hydrogens (tertiary/aromatic N) is 6. The van der Waals surface area contributed by atoms with Crippen molar-refractivity contribution in [2.45, 2.75) is 6.92 Å². The van der Waals surface area contributed by atoms with Gasteiger partial charge in [0.05, 0.1) is 12.8 Å². The molecule has 0 unspecified atom stereocenters. The second kappa shape index (κ2) is 4.16. The first-order valence-electron chi connectivity index (χ1n) is 5.52. The molecule has 0 aliphatic rings. The van der Waals surface area contributed by atoms with Crippen molar-refractivity contribution in [3.8, 4) is 5.69 Å². The standard InChI is InChI=1S/C11H10N6O2/c1-7-13-9(11(18)19-2)10-16(7)14-15-17(10)8-3-5-12-6-4-8/h3-6H,1-2H3. The Morgan fingerprint density at radius 3 is 2.68 bits per heavy atom. The normalized spacial score (nSPS) is 10.8. The Kier molecular flexibility index (Phi) is 2.48. The molecule has 0 atom stereocenters. The van der Waals surface area contributed by atoms with Crippen molar-refractivity contribution in [2.75, 3.05) is 7.11 Å². The molecule has 19 heavy (non-hydrogen) atoms. The molecule has 0 fully saturated rings. The minimum absolute atomic E-state index is 0.182. The van der Waals surface area contributed by atoms with E-state index in [1.165, 1.54) is 16.3 Å². The number of carbonyl (C=O) groups is 1. The highest BCUT2D eigenvalue weighted by Crippen LogP contribution is 2.16. The van der Waals surface area contributed by atoms with Crippen LogP contribution >= 0.6 is 0 Å². The molecule has 0 aliphatic carbocycles. The predicted octanol–water partition coefficient (Wildman–Crippen LogP) is 0.405. The second-order valence-corrected chi connectivity index (χ2v) is 3.83. The number of rotatable bonds is 2. The van der Waals surface area contributed by atoms with Crippen molar-refractivity contribution < 1.29 is 9.53 Å². The first-order valence-corrected chi connectivity index (χ1v) is 5.52. The summed E-state index contributed by atoms with van der Waals surface area (Å²) in [6.45, 7) is 1.74. The molecule has 96 valence electrons. The number of ether oxygens (including phenoxy) is 1. The molecule has 0 aliphatic heterocycles. The van der Waals surface area contributed by atoms with E-state index >= 15 is 0 Å². The highest BCUT2D eigenvalue weighted by Gasteiger charge is 2.22. The van der Waals surface area contributed by atoms with Crippen LogP contribution in [0.5, 0.6) is 0 Å². The third-order valence-electron chi connectivity index (χ3n) is 2.70. The lowest BCUT2D eigenvalue weighted by molar-refractivity contribution is 0.0596. The quantitative estimate of drug-likeness (QED) is 0.618. The molecule has 0 radical (unpaired) electrons. The number of tetrazole rings is 1. The molecule has 0 saturated carbocycles. The molecule has 8 heteroatoms. The van der Waals surface area contributed by atoms with E-state index in [0.717, 1.165) is 5.69 Å². The Labute approximate surface area is 107 Å². The number of fused-ring (bicyclic) bond motifs is 1. The number of pyridine rings is 1. The molecule has 0 saturated heterocycles. The fourth-order valence-electron chi connectivity index (χ4n) is 1.82. The average molecular weight is 258 g/mol. The van der Waals surface area contributed by atoms with Crippen molar-refractivity contribution in [1.29, 1.82) is 0 Å². The van der Waals surface area contributed by atoms with E-state index in [9.17, 15) is 4.79 Å². The van der Waals surface area contributed by atoms with Gasteiger partial charge in [0.2, 0.25) is 0 Å². The maximum absolute atomic E-state index is 11.7. The largest absolute Gasteiger partial charge is 0.464 e. The molecule has 3 heterocycles. The predicted molar refractivity (Wildman–Crippen MR) is 64.0 cm³/mol. The van der Waals surface area contributed by atoms with Crippen molar-refractivity contribution >= 4 is 11.6 Å². The molecule has 0 spiro atoms. The van der Waals surface area contributed by atoms with Crippen LogP contribution in [0.2, 0.25) is 0 Å². The number of esters is 1. The zero-order valence-corrected chi connectivity index (χ0v) is 10.3. The Bertz CT molecular complexity index is 745. The first-order chi connectivity index (χ1) is 9.22. The number of methoxy groups -OCH3 is 1.